The van der Waals surface area contributed by atoms with Crippen molar-refractivity contribution in [1.82, 2.24) is 9.78 Å². The fourth-order valence-electron chi connectivity index (χ4n) is 1.88. The van der Waals surface area contributed by atoms with Gasteiger partial charge in [0.1, 0.15) is 0 Å². The molecule has 0 radical (unpaired) electrons. The predicted molar refractivity (Wildman–Crippen MR) is 65.1 cm³/mol. The SMILES string of the molecule is OCc1ccn(-c2ccc3c(c2)OCCCO3)n1. The number of benzene rings is 1. The number of fused-ring (bicyclic) bond motifs is 1. The van der Waals surface area contributed by atoms with Gasteiger partial charge in [-0.15, -0.1) is 0 Å². The Balaban J connectivity index is 1.95. The van der Waals surface area contributed by atoms with E-state index in [4.69, 9.17) is 14.6 Å². The molecule has 1 N–H and O–H groups in total. The summed E-state index contributed by atoms with van der Waals surface area (Å²) < 4.78 is 12.9. The van der Waals surface area contributed by atoms with E-state index in [-0.39, 0.29) is 6.61 Å². The molecule has 2 aromatic rings. The normalized spacial score (nSPS) is 14.3. The van der Waals surface area contributed by atoms with Crippen LogP contribution in [0.1, 0.15) is 12.1 Å². The summed E-state index contributed by atoms with van der Waals surface area (Å²) in [5, 5.41) is 13.2. The summed E-state index contributed by atoms with van der Waals surface area (Å²) >= 11 is 0. The van der Waals surface area contributed by atoms with Crippen LogP contribution in [0.2, 0.25) is 0 Å². The minimum atomic E-state index is -0.0580. The molecule has 5 heteroatoms. The molecule has 0 fully saturated rings. The molecular formula is C13H14N2O3. The number of aromatic nitrogens is 2. The minimum absolute atomic E-state index is 0.0580. The lowest BCUT2D eigenvalue weighted by Crippen LogP contribution is -1.98. The van der Waals surface area contributed by atoms with Crippen molar-refractivity contribution < 1.29 is 14.6 Å². The zero-order chi connectivity index (χ0) is 12.4. The lowest BCUT2D eigenvalue weighted by molar-refractivity contribution is 0.276. The highest BCUT2D eigenvalue weighted by molar-refractivity contribution is 5.48. The van der Waals surface area contributed by atoms with E-state index < -0.39 is 0 Å². The molecule has 0 saturated carbocycles. The van der Waals surface area contributed by atoms with Gasteiger partial charge in [-0.2, -0.15) is 5.10 Å². The molecular weight excluding hydrogens is 232 g/mol. The third kappa shape index (κ3) is 2.04. The summed E-state index contributed by atoms with van der Waals surface area (Å²) in [6.07, 6.45) is 2.70. The van der Waals surface area contributed by atoms with E-state index in [1.807, 2.05) is 24.4 Å². The largest absolute Gasteiger partial charge is 0.490 e. The standard InChI is InChI=1S/C13H14N2O3/c16-9-10-4-5-15(14-10)11-2-3-12-13(8-11)18-7-1-6-17-12/h2-5,8,16H,1,6-7,9H2. The van der Waals surface area contributed by atoms with Gasteiger partial charge in [0.05, 0.1) is 31.2 Å². The number of hydrogen-bond donors (Lipinski definition) is 1. The second-order valence-electron chi connectivity index (χ2n) is 4.09. The van der Waals surface area contributed by atoms with Gasteiger partial charge in [0, 0.05) is 18.7 Å². The zero-order valence-electron chi connectivity index (χ0n) is 9.87. The molecule has 0 aliphatic carbocycles. The van der Waals surface area contributed by atoms with Crippen LogP contribution < -0.4 is 9.47 Å². The Labute approximate surface area is 105 Å². The Morgan fingerprint density at radius 3 is 2.78 bits per heavy atom. The summed E-state index contributed by atoms with van der Waals surface area (Å²) in [6.45, 7) is 1.29. The van der Waals surface area contributed by atoms with Gasteiger partial charge in [0.2, 0.25) is 0 Å². The topological polar surface area (TPSA) is 56.5 Å². The van der Waals surface area contributed by atoms with Gasteiger partial charge in [-0.05, 0) is 18.2 Å². The lowest BCUT2D eigenvalue weighted by atomic mass is 10.3. The van der Waals surface area contributed by atoms with E-state index >= 15 is 0 Å². The quantitative estimate of drug-likeness (QED) is 0.873. The maximum absolute atomic E-state index is 9.01. The summed E-state index contributed by atoms with van der Waals surface area (Å²) in [7, 11) is 0. The Bertz CT molecular complexity index is 551. The van der Waals surface area contributed by atoms with Crippen molar-refractivity contribution in [3.63, 3.8) is 0 Å². The average Bonchev–Trinajstić information content (AvgIpc) is 2.76. The monoisotopic (exact) mass is 246 g/mol. The van der Waals surface area contributed by atoms with Crippen LogP contribution in [0.3, 0.4) is 0 Å². The molecule has 0 spiro atoms. The first-order valence-corrected chi connectivity index (χ1v) is 5.92. The molecule has 1 aliphatic heterocycles. The molecule has 0 atom stereocenters. The second-order valence-corrected chi connectivity index (χ2v) is 4.09. The highest BCUT2D eigenvalue weighted by Crippen LogP contribution is 2.31. The highest BCUT2D eigenvalue weighted by atomic mass is 16.5. The zero-order valence-corrected chi connectivity index (χ0v) is 9.87. The first-order chi connectivity index (χ1) is 8.86. The molecule has 1 aromatic heterocycles. The minimum Gasteiger partial charge on any atom is -0.490 e. The van der Waals surface area contributed by atoms with Crippen LogP contribution in [0.15, 0.2) is 30.5 Å². The van der Waals surface area contributed by atoms with E-state index in [9.17, 15) is 0 Å². The summed E-state index contributed by atoms with van der Waals surface area (Å²) in [5.74, 6) is 1.51. The number of rotatable bonds is 2. The van der Waals surface area contributed by atoms with Crippen molar-refractivity contribution >= 4 is 0 Å². The van der Waals surface area contributed by atoms with Crippen molar-refractivity contribution in [2.45, 2.75) is 13.0 Å². The summed E-state index contributed by atoms with van der Waals surface area (Å²) in [4.78, 5) is 0. The van der Waals surface area contributed by atoms with Gasteiger partial charge in [-0.25, -0.2) is 4.68 Å². The van der Waals surface area contributed by atoms with Crippen molar-refractivity contribution in [2.24, 2.45) is 0 Å². The maximum Gasteiger partial charge on any atom is 0.163 e. The molecule has 3 rings (SSSR count). The molecule has 2 heterocycles. The fraction of sp³-hybridized carbons (Fsp3) is 0.308. The van der Waals surface area contributed by atoms with Gasteiger partial charge in [-0.3, -0.25) is 0 Å². The first-order valence-electron chi connectivity index (χ1n) is 5.92. The Morgan fingerprint density at radius 2 is 2.00 bits per heavy atom. The Hall–Kier alpha value is -2.01. The number of ether oxygens (including phenoxy) is 2. The van der Waals surface area contributed by atoms with Crippen molar-refractivity contribution in [3.05, 3.63) is 36.2 Å². The number of hydrogen-bond acceptors (Lipinski definition) is 4. The number of aliphatic hydroxyl groups excluding tert-OH is 1. The third-order valence-electron chi connectivity index (χ3n) is 2.80. The maximum atomic E-state index is 9.01. The van der Waals surface area contributed by atoms with E-state index in [2.05, 4.69) is 5.10 Å². The average molecular weight is 246 g/mol. The second kappa shape index (κ2) is 4.70. The molecule has 1 aromatic carbocycles. The van der Waals surface area contributed by atoms with Crippen molar-refractivity contribution in [3.8, 4) is 17.2 Å². The van der Waals surface area contributed by atoms with Gasteiger partial charge < -0.3 is 14.6 Å². The van der Waals surface area contributed by atoms with Crippen LogP contribution in [0.25, 0.3) is 5.69 Å². The van der Waals surface area contributed by atoms with Crippen molar-refractivity contribution in [2.75, 3.05) is 13.2 Å². The predicted octanol–water partition coefficient (Wildman–Crippen LogP) is 1.53. The molecule has 0 amide bonds. The van der Waals surface area contributed by atoms with E-state index in [1.54, 1.807) is 10.7 Å². The first kappa shape index (κ1) is 11.1. The van der Waals surface area contributed by atoms with Gasteiger partial charge in [0.25, 0.3) is 0 Å². The third-order valence-corrected chi connectivity index (χ3v) is 2.80. The number of nitrogens with zero attached hydrogens (tertiary/aromatic N) is 2. The van der Waals surface area contributed by atoms with E-state index in [0.29, 0.717) is 18.9 Å². The van der Waals surface area contributed by atoms with Crippen LogP contribution in [0.4, 0.5) is 0 Å². The Morgan fingerprint density at radius 1 is 1.17 bits per heavy atom. The summed E-state index contributed by atoms with van der Waals surface area (Å²) in [5.41, 5.74) is 1.53. The highest BCUT2D eigenvalue weighted by Gasteiger charge is 2.11. The summed E-state index contributed by atoms with van der Waals surface area (Å²) in [6, 6.07) is 7.48. The molecule has 0 bridgehead atoms. The molecule has 1 aliphatic rings. The van der Waals surface area contributed by atoms with Gasteiger partial charge >= 0.3 is 0 Å². The van der Waals surface area contributed by atoms with E-state index in [0.717, 1.165) is 23.6 Å². The smallest absolute Gasteiger partial charge is 0.163 e. The molecule has 0 unspecified atom stereocenters. The van der Waals surface area contributed by atoms with Crippen LogP contribution in [-0.4, -0.2) is 28.1 Å². The lowest BCUT2D eigenvalue weighted by Gasteiger charge is -2.09. The van der Waals surface area contributed by atoms with Crippen LogP contribution in [-0.2, 0) is 6.61 Å². The van der Waals surface area contributed by atoms with Gasteiger partial charge in [-0.1, -0.05) is 0 Å². The van der Waals surface area contributed by atoms with Crippen LogP contribution in [0.5, 0.6) is 11.5 Å². The number of aliphatic hydroxyl groups is 1. The van der Waals surface area contributed by atoms with Crippen LogP contribution >= 0.6 is 0 Å². The fourth-order valence-corrected chi connectivity index (χ4v) is 1.88. The molecule has 0 saturated heterocycles. The Kier molecular flexibility index (Phi) is 2.90. The molecule has 94 valence electrons. The van der Waals surface area contributed by atoms with Crippen LogP contribution in [0, 0.1) is 0 Å². The molecule has 5 nitrogen and oxygen atoms in total. The molecule has 18 heavy (non-hydrogen) atoms. The van der Waals surface area contributed by atoms with E-state index in [1.165, 1.54) is 0 Å². The van der Waals surface area contributed by atoms with Crippen molar-refractivity contribution in [1.29, 1.82) is 0 Å². The van der Waals surface area contributed by atoms with Gasteiger partial charge in [0.15, 0.2) is 11.5 Å².